The molecule has 1 aromatic carbocycles. The van der Waals surface area contributed by atoms with E-state index in [1.807, 2.05) is 0 Å². The molecule has 1 aromatic rings. The molecule has 1 nitrogen and oxygen atoms in total. The van der Waals surface area contributed by atoms with Gasteiger partial charge < -0.3 is 4.90 Å². The van der Waals surface area contributed by atoms with Crippen molar-refractivity contribution in [3.63, 3.8) is 0 Å². The molecule has 0 saturated heterocycles. The number of hydrogen-bond donors (Lipinski definition) is 0. The van der Waals surface area contributed by atoms with Crippen molar-refractivity contribution in [2.45, 2.75) is 38.4 Å². The fourth-order valence-electron chi connectivity index (χ4n) is 1.91. The highest BCUT2D eigenvalue weighted by Gasteiger charge is 2.06. The predicted octanol–water partition coefficient (Wildman–Crippen LogP) is 4.52. The lowest BCUT2D eigenvalue weighted by atomic mass is 10.1. The normalized spacial score (nSPS) is 10.5. The molecule has 16 heavy (non-hydrogen) atoms. The molecule has 0 heterocycles. The molecule has 0 saturated carbocycles. The van der Waals surface area contributed by atoms with Crippen LogP contribution >= 0.6 is 15.9 Å². The summed E-state index contributed by atoms with van der Waals surface area (Å²) < 4.78 is 0. The number of aryl methyl sites for hydroxylation is 1. The summed E-state index contributed by atoms with van der Waals surface area (Å²) in [5.41, 5.74) is 4.08. The predicted molar refractivity (Wildman–Crippen MR) is 76.6 cm³/mol. The van der Waals surface area contributed by atoms with E-state index in [-0.39, 0.29) is 0 Å². The first-order chi connectivity index (χ1) is 7.69. The van der Waals surface area contributed by atoms with Gasteiger partial charge in [0.05, 0.1) is 0 Å². The summed E-state index contributed by atoms with van der Waals surface area (Å²) in [6.07, 6.45) is 3.88. The second-order valence-electron chi connectivity index (χ2n) is 4.39. The smallest absolute Gasteiger partial charge is 0.0404 e. The Labute approximate surface area is 108 Å². The molecule has 2 heteroatoms. The molecule has 0 unspecified atom stereocenters. The third-order valence-electron chi connectivity index (χ3n) is 2.89. The second-order valence-corrected chi connectivity index (χ2v) is 4.96. The second kappa shape index (κ2) is 6.95. The molecule has 0 aliphatic carbocycles. The Morgan fingerprint density at radius 2 is 2.00 bits per heavy atom. The number of anilines is 1. The standard InChI is InChI=1S/C14H22BrN/c1-4-5-6-9-16(3)14-8-7-12(2)10-13(14)11-15/h7-8,10H,4-6,9,11H2,1-3H3. The minimum Gasteiger partial charge on any atom is -0.374 e. The minimum atomic E-state index is 0.933. The molecule has 0 aromatic heterocycles. The lowest BCUT2D eigenvalue weighted by Gasteiger charge is -2.22. The molecule has 0 spiro atoms. The monoisotopic (exact) mass is 283 g/mol. The van der Waals surface area contributed by atoms with Crippen LogP contribution in [0.15, 0.2) is 18.2 Å². The van der Waals surface area contributed by atoms with Gasteiger partial charge in [0, 0.05) is 24.6 Å². The van der Waals surface area contributed by atoms with Crippen molar-refractivity contribution in [3.8, 4) is 0 Å². The largest absolute Gasteiger partial charge is 0.374 e. The number of nitrogens with zero attached hydrogens (tertiary/aromatic N) is 1. The highest BCUT2D eigenvalue weighted by atomic mass is 79.9. The first kappa shape index (κ1) is 13.6. The molecule has 1 rings (SSSR count). The van der Waals surface area contributed by atoms with Crippen molar-refractivity contribution in [1.29, 1.82) is 0 Å². The third kappa shape index (κ3) is 3.82. The highest BCUT2D eigenvalue weighted by molar-refractivity contribution is 9.08. The molecule has 0 atom stereocenters. The molecule has 0 radical (unpaired) electrons. The van der Waals surface area contributed by atoms with E-state index in [4.69, 9.17) is 0 Å². The SMILES string of the molecule is CCCCCN(C)c1ccc(C)cc1CBr. The Morgan fingerprint density at radius 1 is 1.25 bits per heavy atom. The van der Waals surface area contributed by atoms with Gasteiger partial charge in [-0.15, -0.1) is 0 Å². The average molecular weight is 284 g/mol. The van der Waals surface area contributed by atoms with Crippen LogP contribution in [0, 0.1) is 6.92 Å². The number of alkyl halides is 1. The van der Waals surface area contributed by atoms with Crippen LogP contribution in [-0.4, -0.2) is 13.6 Å². The topological polar surface area (TPSA) is 3.24 Å². The van der Waals surface area contributed by atoms with Gasteiger partial charge in [-0.1, -0.05) is 53.4 Å². The van der Waals surface area contributed by atoms with Gasteiger partial charge in [0.1, 0.15) is 0 Å². The number of benzene rings is 1. The summed E-state index contributed by atoms with van der Waals surface area (Å²) >= 11 is 3.57. The van der Waals surface area contributed by atoms with Crippen molar-refractivity contribution < 1.29 is 0 Å². The van der Waals surface area contributed by atoms with Gasteiger partial charge in [-0.3, -0.25) is 0 Å². The van der Waals surface area contributed by atoms with Gasteiger partial charge in [-0.2, -0.15) is 0 Å². The van der Waals surface area contributed by atoms with E-state index >= 15 is 0 Å². The van der Waals surface area contributed by atoms with Crippen molar-refractivity contribution in [1.82, 2.24) is 0 Å². The maximum Gasteiger partial charge on any atom is 0.0404 e. The zero-order valence-electron chi connectivity index (χ0n) is 10.6. The lowest BCUT2D eigenvalue weighted by molar-refractivity contribution is 0.704. The van der Waals surface area contributed by atoms with Crippen molar-refractivity contribution in [2.24, 2.45) is 0 Å². The van der Waals surface area contributed by atoms with Gasteiger partial charge in [0.2, 0.25) is 0 Å². The van der Waals surface area contributed by atoms with E-state index in [0.29, 0.717) is 0 Å². The number of unbranched alkanes of at least 4 members (excludes halogenated alkanes) is 2. The van der Waals surface area contributed by atoms with Crippen molar-refractivity contribution in [3.05, 3.63) is 29.3 Å². The third-order valence-corrected chi connectivity index (χ3v) is 3.49. The van der Waals surface area contributed by atoms with Gasteiger partial charge in [-0.05, 0) is 25.0 Å². The zero-order chi connectivity index (χ0) is 12.0. The van der Waals surface area contributed by atoms with E-state index in [0.717, 1.165) is 11.9 Å². The van der Waals surface area contributed by atoms with Crippen LogP contribution in [0.3, 0.4) is 0 Å². The quantitative estimate of drug-likeness (QED) is 0.548. The molecule has 0 amide bonds. The molecule has 0 aliphatic heterocycles. The Bertz CT molecular complexity index is 323. The molecular formula is C14H22BrN. The van der Waals surface area contributed by atoms with E-state index in [1.54, 1.807) is 0 Å². The van der Waals surface area contributed by atoms with Gasteiger partial charge in [0.25, 0.3) is 0 Å². The van der Waals surface area contributed by atoms with Crippen LogP contribution in [0.5, 0.6) is 0 Å². The summed E-state index contributed by atoms with van der Waals surface area (Å²) in [7, 11) is 2.19. The van der Waals surface area contributed by atoms with Gasteiger partial charge in [0.15, 0.2) is 0 Å². The molecule has 0 N–H and O–H groups in total. The zero-order valence-corrected chi connectivity index (χ0v) is 12.2. The Morgan fingerprint density at radius 3 is 2.62 bits per heavy atom. The molecular weight excluding hydrogens is 262 g/mol. The first-order valence-electron chi connectivity index (χ1n) is 6.05. The van der Waals surface area contributed by atoms with Crippen molar-refractivity contribution in [2.75, 3.05) is 18.5 Å². The summed E-state index contributed by atoms with van der Waals surface area (Å²) in [5.74, 6) is 0. The number of hydrogen-bond acceptors (Lipinski definition) is 1. The van der Waals surface area contributed by atoms with Gasteiger partial charge in [-0.25, -0.2) is 0 Å². The summed E-state index contributed by atoms with van der Waals surface area (Å²) in [6.45, 7) is 5.54. The van der Waals surface area contributed by atoms with Crippen molar-refractivity contribution >= 4 is 21.6 Å². The van der Waals surface area contributed by atoms with E-state index in [1.165, 1.54) is 36.1 Å². The lowest BCUT2D eigenvalue weighted by Crippen LogP contribution is -2.19. The minimum absolute atomic E-state index is 0.933. The van der Waals surface area contributed by atoms with E-state index < -0.39 is 0 Å². The average Bonchev–Trinajstić information content (AvgIpc) is 2.29. The summed E-state index contributed by atoms with van der Waals surface area (Å²) in [5, 5.41) is 0.933. The number of rotatable bonds is 6. The maximum absolute atomic E-state index is 3.57. The first-order valence-corrected chi connectivity index (χ1v) is 7.17. The fraction of sp³-hybridized carbons (Fsp3) is 0.571. The molecule has 0 bridgehead atoms. The van der Waals surface area contributed by atoms with Crippen LogP contribution in [0.4, 0.5) is 5.69 Å². The Balaban J connectivity index is 2.70. The molecule has 0 aliphatic rings. The maximum atomic E-state index is 3.57. The van der Waals surface area contributed by atoms with Gasteiger partial charge >= 0.3 is 0 Å². The van der Waals surface area contributed by atoms with Crippen LogP contribution in [0.2, 0.25) is 0 Å². The van der Waals surface area contributed by atoms with Crippen LogP contribution in [0.25, 0.3) is 0 Å². The Hall–Kier alpha value is -0.500. The van der Waals surface area contributed by atoms with Crippen LogP contribution in [-0.2, 0) is 5.33 Å². The summed E-state index contributed by atoms with van der Waals surface area (Å²) in [4.78, 5) is 2.37. The van der Waals surface area contributed by atoms with E-state index in [9.17, 15) is 0 Å². The van der Waals surface area contributed by atoms with Crippen LogP contribution in [0.1, 0.15) is 37.3 Å². The fourth-order valence-corrected chi connectivity index (χ4v) is 2.36. The molecule has 0 fully saturated rings. The summed E-state index contributed by atoms with van der Waals surface area (Å²) in [6, 6.07) is 6.69. The van der Waals surface area contributed by atoms with E-state index in [2.05, 4.69) is 59.9 Å². The Kier molecular flexibility index (Phi) is 5.89. The van der Waals surface area contributed by atoms with Crippen LogP contribution < -0.4 is 4.90 Å². The molecule has 90 valence electrons. The highest BCUT2D eigenvalue weighted by Crippen LogP contribution is 2.23. The number of halogens is 1.